The topological polar surface area (TPSA) is 70.7 Å². The molecule has 2 aliphatic heterocycles. The molecule has 1 aromatic carbocycles. The third-order valence-corrected chi connectivity index (χ3v) is 4.56. The Morgan fingerprint density at radius 3 is 2.73 bits per heavy atom. The molecule has 2 heterocycles. The summed E-state index contributed by atoms with van der Waals surface area (Å²) in [6, 6.07) is 5.37. The second kappa shape index (κ2) is 9.14. The number of rotatable bonds is 5. The second-order valence-corrected chi connectivity index (χ2v) is 6.23. The molecule has 2 unspecified atom stereocenters. The summed E-state index contributed by atoms with van der Waals surface area (Å²) in [5, 5.41) is 6.13. The van der Waals surface area contributed by atoms with Gasteiger partial charge in [-0.2, -0.15) is 8.78 Å². The molecule has 2 aliphatic rings. The monoisotopic (exact) mass is 389 g/mol. The van der Waals surface area contributed by atoms with Crippen molar-refractivity contribution < 1.29 is 23.1 Å². The molecule has 2 N–H and O–H groups in total. The van der Waals surface area contributed by atoms with Gasteiger partial charge in [-0.25, -0.2) is 0 Å². The van der Waals surface area contributed by atoms with Crippen LogP contribution in [-0.2, 0) is 4.79 Å². The van der Waals surface area contributed by atoms with Gasteiger partial charge in [0.1, 0.15) is 11.8 Å². The Morgan fingerprint density at radius 2 is 2.04 bits per heavy atom. The molecule has 2 saturated heterocycles. The Kier molecular flexibility index (Phi) is 7.16. The first-order valence-electron chi connectivity index (χ1n) is 8.42. The van der Waals surface area contributed by atoms with Gasteiger partial charge in [-0.15, -0.1) is 12.4 Å². The lowest BCUT2D eigenvalue weighted by atomic mass is 10.1. The predicted octanol–water partition coefficient (Wildman–Crippen LogP) is 1.79. The molecular weight excluding hydrogens is 368 g/mol. The molecule has 0 aliphatic carbocycles. The van der Waals surface area contributed by atoms with Crippen LogP contribution in [0, 0.1) is 0 Å². The fraction of sp³-hybridized carbons (Fsp3) is 0.529. The summed E-state index contributed by atoms with van der Waals surface area (Å²) < 4.78 is 29.6. The number of nitrogens with one attached hydrogen (secondary N) is 2. The van der Waals surface area contributed by atoms with E-state index in [9.17, 15) is 18.4 Å². The maximum absolute atomic E-state index is 12.8. The van der Waals surface area contributed by atoms with E-state index in [1.807, 2.05) is 0 Å². The minimum Gasteiger partial charge on any atom is -0.434 e. The average molecular weight is 390 g/mol. The van der Waals surface area contributed by atoms with E-state index < -0.39 is 18.6 Å². The standard InChI is InChI=1S/C17H21F2N3O3.ClH/c18-17(19)25-14-6-2-1-4-12(14)16(24)22-9-3-5-13(22)15(23)21-11-7-8-20-10-11;/h1-2,4,6,11,13,17,20H,3,5,7-10H2,(H,21,23);1H. The predicted molar refractivity (Wildman–Crippen MR) is 93.8 cm³/mol. The molecule has 26 heavy (non-hydrogen) atoms. The number of halogens is 3. The van der Waals surface area contributed by atoms with Crippen LogP contribution in [0.1, 0.15) is 29.6 Å². The van der Waals surface area contributed by atoms with Crippen LogP contribution in [0.3, 0.4) is 0 Å². The zero-order valence-electron chi connectivity index (χ0n) is 14.1. The van der Waals surface area contributed by atoms with E-state index in [2.05, 4.69) is 15.4 Å². The van der Waals surface area contributed by atoms with Crippen LogP contribution < -0.4 is 15.4 Å². The summed E-state index contributed by atoms with van der Waals surface area (Å²) in [6.07, 6.45) is 2.12. The average Bonchev–Trinajstić information content (AvgIpc) is 3.25. The van der Waals surface area contributed by atoms with Crippen LogP contribution in [0.2, 0.25) is 0 Å². The number of benzene rings is 1. The second-order valence-electron chi connectivity index (χ2n) is 6.23. The molecule has 0 aromatic heterocycles. The lowest BCUT2D eigenvalue weighted by Crippen LogP contribution is -2.49. The third kappa shape index (κ3) is 4.62. The highest BCUT2D eigenvalue weighted by Crippen LogP contribution is 2.26. The van der Waals surface area contributed by atoms with Crippen LogP contribution in [0.15, 0.2) is 24.3 Å². The van der Waals surface area contributed by atoms with Crippen molar-refractivity contribution in [3.8, 4) is 5.75 Å². The summed E-state index contributed by atoms with van der Waals surface area (Å²) in [4.78, 5) is 26.8. The Morgan fingerprint density at radius 1 is 1.27 bits per heavy atom. The van der Waals surface area contributed by atoms with Gasteiger partial charge < -0.3 is 20.3 Å². The molecule has 0 radical (unpaired) electrons. The van der Waals surface area contributed by atoms with Gasteiger partial charge in [-0.05, 0) is 37.9 Å². The summed E-state index contributed by atoms with van der Waals surface area (Å²) in [6.45, 7) is -1.02. The molecule has 9 heteroatoms. The first-order chi connectivity index (χ1) is 12.1. The van der Waals surface area contributed by atoms with Gasteiger partial charge in [0.15, 0.2) is 0 Å². The van der Waals surface area contributed by atoms with Gasteiger partial charge >= 0.3 is 6.61 Å². The van der Waals surface area contributed by atoms with E-state index in [1.165, 1.54) is 23.1 Å². The minimum atomic E-state index is -3.01. The first-order valence-corrected chi connectivity index (χ1v) is 8.42. The molecule has 0 bridgehead atoms. The van der Waals surface area contributed by atoms with E-state index >= 15 is 0 Å². The minimum absolute atomic E-state index is 0. The van der Waals surface area contributed by atoms with Gasteiger partial charge in [-0.1, -0.05) is 12.1 Å². The first kappa shape index (κ1) is 20.4. The number of para-hydroxylation sites is 1. The highest BCUT2D eigenvalue weighted by molar-refractivity contribution is 6.00. The zero-order chi connectivity index (χ0) is 17.8. The van der Waals surface area contributed by atoms with E-state index in [0.29, 0.717) is 19.4 Å². The molecule has 3 rings (SSSR count). The lowest BCUT2D eigenvalue weighted by Gasteiger charge is -2.26. The fourth-order valence-corrected chi connectivity index (χ4v) is 3.35. The molecule has 0 spiro atoms. The number of carbonyl (C=O) groups is 2. The summed E-state index contributed by atoms with van der Waals surface area (Å²) in [5.74, 6) is -0.821. The van der Waals surface area contributed by atoms with E-state index in [-0.39, 0.29) is 35.7 Å². The van der Waals surface area contributed by atoms with Crippen LogP contribution >= 0.6 is 12.4 Å². The number of hydrogen-bond donors (Lipinski definition) is 2. The fourth-order valence-electron chi connectivity index (χ4n) is 3.35. The van der Waals surface area contributed by atoms with Gasteiger partial charge in [0.2, 0.25) is 5.91 Å². The molecular formula is C17H22ClF2N3O3. The highest BCUT2D eigenvalue weighted by atomic mass is 35.5. The zero-order valence-corrected chi connectivity index (χ0v) is 14.9. The van der Waals surface area contributed by atoms with Crippen molar-refractivity contribution in [2.24, 2.45) is 0 Å². The van der Waals surface area contributed by atoms with E-state index in [0.717, 1.165) is 19.5 Å². The Balaban J connectivity index is 0.00000243. The number of alkyl halides is 2. The van der Waals surface area contributed by atoms with Crippen LogP contribution in [-0.4, -0.2) is 55.0 Å². The summed E-state index contributed by atoms with van der Waals surface area (Å²) in [7, 11) is 0. The highest BCUT2D eigenvalue weighted by Gasteiger charge is 2.36. The molecule has 2 amide bonds. The van der Waals surface area contributed by atoms with Crippen LogP contribution in [0.25, 0.3) is 0 Å². The van der Waals surface area contributed by atoms with E-state index in [1.54, 1.807) is 6.07 Å². The molecule has 0 saturated carbocycles. The van der Waals surface area contributed by atoms with Crippen LogP contribution in [0.5, 0.6) is 5.75 Å². The summed E-state index contributed by atoms with van der Waals surface area (Å²) >= 11 is 0. The van der Waals surface area contributed by atoms with Crippen molar-refractivity contribution in [3.05, 3.63) is 29.8 Å². The van der Waals surface area contributed by atoms with Gasteiger partial charge in [0.25, 0.3) is 5.91 Å². The van der Waals surface area contributed by atoms with Crippen molar-refractivity contribution in [1.29, 1.82) is 0 Å². The lowest BCUT2D eigenvalue weighted by molar-refractivity contribution is -0.125. The largest absolute Gasteiger partial charge is 0.434 e. The molecule has 6 nitrogen and oxygen atoms in total. The van der Waals surface area contributed by atoms with Crippen molar-refractivity contribution >= 4 is 24.2 Å². The molecule has 2 atom stereocenters. The quantitative estimate of drug-likeness (QED) is 0.805. The maximum atomic E-state index is 12.8. The molecule has 2 fully saturated rings. The number of ether oxygens (including phenoxy) is 1. The number of nitrogens with zero attached hydrogens (tertiary/aromatic N) is 1. The van der Waals surface area contributed by atoms with Gasteiger partial charge in [0, 0.05) is 19.1 Å². The number of amides is 2. The van der Waals surface area contributed by atoms with Crippen molar-refractivity contribution in [2.45, 2.75) is 38.0 Å². The Labute approximate surface area is 156 Å². The van der Waals surface area contributed by atoms with Crippen molar-refractivity contribution in [1.82, 2.24) is 15.5 Å². The SMILES string of the molecule is Cl.O=C(NC1CCNC1)C1CCCN1C(=O)c1ccccc1OC(F)F. The van der Waals surface area contributed by atoms with Gasteiger partial charge in [0.05, 0.1) is 5.56 Å². The van der Waals surface area contributed by atoms with E-state index in [4.69, 9.17) is 0 Å². The Hall–Kier alpha value is -1.93. The van der Waals surface area contributed by atoms with Crippen LogP contribution in [0.4, 0.5) is 8.78 Å². The Bertz CT molecular complexity index is 641. The van der Waals surface area contributed by atoms with Crippen molar-refractivity contribution in [3.63, 3.8) is 0 Å². The summed E-state index contributed by atoms with van der Waals surface area (Å²) in [5.41, 5.74) is 0.0463. The molecule has 1 aromatic rings. The molecule has 144 valence electrons. The number of likely N-dealkylation sites (tertiary alicyclic amines) is 1. The smallest absolute Gasteiger partial charge is 0.387 e. The van der Waals surface area contributed by atoms with Gasteiger partial charge in [-0.3, -0.25) is 9.59 Å². The third-order valence-electron chi connectivity index (χ3n) is 4.56. The number of carbonyl (C=O) groups excluding carboxylic acids is 2. The maximum Gasteiger partial charge on any atom is 0.387 e. The normalized spacial score (nSPS) is 22.2. The van der Waals surface area contributed by atoms with Crippen molar-refractivity contribution in [2.75, 3.05) is 19.6 Å². The number of hydrogen-bond acceptors (Lipinski definition) is 4.